The highest BCUT2D eigenvalue weighted by Crippen LogP contribution is 2.26. The summed E-state index contributed by atoms with van der Waals surface area (Å²) in [6.07, 6.45) is 6.37. The summed E-state index contributed by atoms with van der Waals surface area (Å²) in [4.78, 5) is 6.76. The fourth-order valence-electron chi connectivity index (χ4n) is 2.27. The van der Waals surface area contributed by atoms with Crippen LogP contribution in [0.25, 0.3) is 0 Å². The first kappa shape index (κ1) is 12.5. The number of nitrogens with zero attached hydrogens (tertiary/aromatic N) is 4. The van der Waals surface area contributed by atoms with E-state index in [9.17, 15) is 0 Å². The van der Waals surface area contributed by atoms with Crippen molar-refractivity contribution < 1.29 is 5.11 Å². The van der Waals surface area contributed by atoms with E-state index >= 15 is 0 Å². The van der Waals surface area contributed by atoms with Gasteiger partial charge in [-0.15, -0.1) is 0 Å². The zero-order valence-electron chi connectivity index (χ0n) is 10.5. The van der Waals surface area contributed by atoms with Gasteiger partial charge >= 0.3 is 0 Å². The molecule has 5 heteroatoms. The summed E-state index contributed by atoms with van der Waals surface area (Å²) in [6.45, 7) is 5.04. The van der Waals surface area contributed by atoms with Crippen molar-refractivity contribution in [2.24, 2.45) is 0 Å². The van der Waals surface area contributed by atoms with E-state index in [0.717, 1.165) is 31.9 Å². The van der Waals surface area contributed by atoms with Gasteiger partial charge in [-0.1, -0.05) is 6.42 Å². The smallest absolute Gasteiger partial charge is 0.141 e. The van der Waals surface area contributed by atoms with E-state index in [1.807, 2.05) is 4.68 Å². The maximum Gasteiger partial charge on any atom is 0.141 e. The van der Waals surface area contributed by atoms with E-state index in [2.05, 4.69) is 21.9 Å². The van der Waals surface area contributed by atoms with Gasteiger partial charge in [-0.2, -0.15) is 5.10 Å². The molecule has 96 valence electrons. The molecule has 0 saturated heterocycles. The van der Waals surface area contributed by atoms with Crippen LogP contribution in [0, 0.1) is 0 Å². The Balaban J connectivity index is 1.95. The van der Waals surface area contributed by atoms with Gasteiger partial charge in [0.1, 0.15) is 12.2 Å². The maximum absolute atomic E-state index is 8.95. The van der Waals surface area contributed by atoms with Gasteiger partial charge in [0, 0.05) is 25.7 Å². The summed E-state index contributed by atoms with van der Waals surface area (Å²) >= 11 is 0. The minimum absolute atomic E-state index is 0.268. The highest BCUT2D eigenvalue weighted by atomic mass is 16.3. The fourth-order valence-corrected chi connectivity index (χ4v) is 2.27. The van der Waals surface area contributed by atoms with E-state index < -0.39 is 0 Å². The van der Waals surface area contributed by atoms with Crippen LogP contribution in [0.4, 0.5) is 0 Å². The number of hydrogen-bond donors (Lipinski definition) is 1. The number of rotatable bonds is 7. The lowest BCUT2D eigenvalue weighted by atomic mass is 9.91. The predicted octanol–water partition coefficient (Wildman–Crippen LogP) is 1.03. The van der Waals surface area contributed by atoms with Crippen molar-refractivity contribution in [2.75, 3.05) is 13.2 Å². The van der Waals surface area contributed by atoms with Crippen molar-refractivity contribution in [3.05, 3.63) is 12.2 Å². The molecular formula is C12H22N4O. The van der Waals surface area contributed by atoms with E-state index in [-0.39, 0.29) is 6.61 Å². The Morgan fingerprint density at radius 2 is 2.35 bits per heavy atom. The summed E-state index contributed by atoms with van der Waals surface area (Å²) in [5.74, 6) is 1.04. The van der Waals surface area contributed by atoms with Crippen LogP contribution in [-0.2, 0) is 13.1 Å². The van der Waals surface area contributed by atoms with E-state index in [1.54, 1.807) is 6.33 Å². The molecule has 1 saturated carbocycles. The first-order valence-electron chi connectivity index (χ1n) is 6.56. The molecule has 0 spiro atoms. The van der Waals surface area contributed by atoms with Gasteiger partial charge < -0.3 is 5.11 Å². The second-order valence-electron chi connectivity index (χ2n) is 4.62. The van der Waals surface area contributed by atoms with Crippen LogP contribution < -0.4 is 0 Å². The quantitative estimate of drug-likeness (QED) is 0.771. The van der Waals surface area contributed by atoms with Crippen molar-refractivity contribution in [3.63, 3.8) is 0 Å². The third kappa shape index (κ3) is 3.04. The second kappa shape index (κ2) is 6.12. The first-order valence-corrected chi connectivity index (χ1v) is 6.56. The van der Waals surface area contributed by atoms with Gasteiger partial charge in [-0.05, 0) is 26.2 Å². The average molecular weight is 238 g/mol. The average Bonchev–Trinajstić information content (AvgIpc) is 2.70. The Morgan fingerprint density at radius 3 is 2.94 bits per heavy atom. The van der Waals surface area contributed by atoms with Crippen molar-refractivity contribution in [1.82, 2.24) is 19.7 Å². The molecule has 0 amide bonds. The van der Waals surface area contributed by atoms with E-state index in [0.29, 0.717) is 6.04 Å². The van der Waals surface area contributed by atoms with Crippen LogP contribution in [0.3, 0.4) is 0 Å². The molecule has 17 heavy (non-hydrogen) atoms. The Bertz CT molecular complexity index is 335. The SMILES string of the molecule is CCn1ncnc1CN(CCCO)C1CCC1. The van der Waals surface area contributed by atoms with Gasteiger partial charge in [-0.3, -0.25) is 4.90 Å². The minimum Gasteiger partial charge on any atom is -0.396 e. The molecule has 0 aliphatic heterocycles. The van der Waals surface area contributed by atoms with Crippen LogP contribution in [0.15, 0.2) is 6.33 Å². The van der Waals surface area contributed by atoms with Crippen molar-refractivity contribution >= 4 is 0 Å². The molecular weight excluding hydrogens is 216 g/mol. The van der Waals surface area contributed by atoms with Gasteiger partial charge in [-0.25, -0.2) is 9.67 Å². The molecule has 1 aromatic heterocycles. The lowest BCUT2D eigenvalue weighted by Gasteiger charge is -2.37. The van der Waals surface area contributed by atoms with Gasteiger partial charge in [0.15, 0.2) is 0 Å². The summed E-state index contributed by atoms with van der Waals surface area (Å²) < 4.78 is 1.95. The molecule has 2 rings (SSSR count). The number of aromatic nitrogens is 3. The van der Waals surface area contributed by atoms with Crippen molar-refractivity contribution in [2.45, 2.75) is 51.7 Å². The predicted molar refractivity (Wildman–Crippen MR) is 65.4 cm³/mol. The molecule has 1 aliphatic carbocycles. The minimum atomic E-state index is 0.268. The molecule has 1 N–H and O–H groups in total. The second-order valence-corrected chi connectivity index (χ2v) is 4.62. The first-order chi connectivity index (χ1) is 8.35. The summed E-state index contributed by atoms with van der Waals surface area (Å²) in [5, 5.41) is 13.2. The van der Waals surface area contributed by atoms with Crippen molar-refractivity contribution in [3.8, 4) is 0 Å². The lowest BCUT2D eigenvalue weighted by molar-refractivity contribution is 0.105. The Kier molecular flexibility index (Phi) is 4.50. The lowest BCUT2D eigenvalue weighted by Crippen LogP contribution is -2.41. The third-order valence-electron chi connectivity index (χ3n) is 3.53. The van der Waals surface area contributed by atoms with Gasteiger partial charge in [0.2, 0.25) is 0 Å². The van der Waals surface area contributed by atoms with Crippen LogP contribution in [-0.4, -0.2) is 44.0 Å². The third-order valence-corrected chi connectivity index (χ3v) is 3.53. The zero-order valence-corrected chi connectivity index (χ0v) is 10.5. The Labute approximate surface area is 102 Å². The Hall–Kier alpha value is -0.940. The van der Waals surface area contributed by atoms with Crippen LogP contribution in [0.2, 0.25) is 0 Å². The molecule has 0 unspecified atom stereocenters. The maximum atomic E-state index is 8.95. The standard InChI is InChI=1S/C12H22N4O/c1-2-16-12(13-10-14-16)9-15(7-4-8-17)11-5-3-6-11/h10-11,17H,2-9H2,1H3. The largest absolute Gasteiger partial charge is 0.396 e. The highest BCUT2D eigenvalue weighted by Gasteiger charge is 2.25. The van der Waals surface area contributed by atoms with Crippen molar-refractivity contribution in [1.29, 1.82) is 0 Å². The molecule has 0 radical (unpaired) electrons. The Morgan fingerprint density at radius 1 is 1.53 bits per heavy atom. The van der Waals surface area contributed by atoms with Gasteiger partial charge in [0.25, 0.3) is 0 Å². The molecule has 5 nitrogen and oxygen atoms in total. The zero-order chi connectivity index (χ0) is 12.1. The summed E-state index contributed by atoms with van der Waals surface area (Å²) in [5.41, 5.74) is 0. The highest BCUT2D eigenvalue weighted by molar-refractivity contribution is 4.88. The molecule has 0 aromatic carbocycles. The monoisotopic (exact) mass is 238 g/mol. The van der Waals surface area contributed by atoms with Crippen LogP contribution in [0.5, 0.6) is 0 Å². The normalized spacial score (nSPS) is 16.4. The molecule has 1 fully saturated rings. The molecule has 0 bridgehead atoms. The van der Waals surface area contributed by atoms with Gasteiger partial charge in [0.05, 0.1) is 6.54 Å². The van der Waals surface area contributed by atoms with E-state index in [1.165, 1.54) is 19.3 Å². The number of aryl methyl sites for hydroxylation is 1. The summed E-state index contributed by atoms with van der Waals surface area (Å²) in [6, 6.07) is 0.684. The summed E-state index contributed by atoms with van der Waals surface area (Å²) in [7, 11) is 0. The van der Waals surface area contributed by atoms with Crippen LogP contribution in [0.1, 0.15) is 38.4 Å². The van der Waals surface area contributed by atoms with E-state index in [4.69, 9.17) is 5.11 Å². The molecule has 0 atom stereocenters. The topological polar surface area (TPSA) is 54.2 Å². The fraction of sp³-hybridized carbons (Fsp3) is 0.833. The molecule has 1 aliphatic rings. The number of aliphatic hydroxyl groups is 1. The van der Waals surface area contributed by atoms with Crippen LogP contribution >= 0.6 is 0 Å². The molecule has 1 aromatic rings. The number of aliphatic hydroxyl groups excluding tert-OH is 1. The molecule has 1 heterocycles. The number of hydrogen-bond acceptors (Lipinski definition) is 4.